The zero-order valence-electron chi connectivity index (χ0n) is 13.8. The van der Waals surface area contributed by atoms with Gasteiger partial charge in [0.25, 0.3) is 0 Å². The van der Waals surface area contributed by atoms with Crippen LogP contribution in [0.25, 0.3) is 0 Å². The summed E-state index contributed by atoms with van der Waals surface area (Å²) in [5.41, 5.74) is 2.49. The fourth-order valence-electron chi connectivity index (χ4n) is 2.84. The first-order chi connectivity index (χ1) is 10.7. The van der Waals surface area contributed by atoms with E-state index in [1.807, 2.05) is 0 Å². The number of nitrogens with zero attached hydrogens (tertiary/aromatic N) is 1. The van der Waals surface area contributed by atoms with Gasteiger partial charge in [-0.2, -0.15) is 0 Å². The number of carbonyl (C=O) groups excluding carboxylic acids is 1. The number of allylic oxidation sites excluding steroid dienone is 2. The summed E-state index contributed by atoms with van der Waals surface area (Å²) >= 11 is 0. The van der Waals surface area contributed by atoms with E-state index in [4.69, 9.17) is 0 Å². The van der Waals surface area contributed by atoms with Gasteiger partial charge in [-0.15, -0.1) is 0 Å². The second-order valence-corrected chi connectivity index (χ2v) is 6.02. The summed E-state index contributed by atoms with van der Waals surface area (Å²) < 4.78 is 0. The molecule has 1 aliphatic carbocycles. The molecule has 1 aromatic carbocycles. The van der Waals surface area contributed by atoms with Gasteiger partial charge in [-0.1, -0.05) is 50.3 Å². The molecule has 2 rings (SSSR count). The van der Waals surface area contributed by atoms with Gasteiger partial charge >= 0.3 is 0 Å². The molecule has 3 heteroatoms. The third-order valence-electron chi connectivity index (χ3n) is 4.37. The van der Waals surface area contributed by atoms with Gasteiger partial charge < -0.3 is 5.32 Å². The summed E-state index contributed by atoms with van der Waals surface area (Å²) in [5, 5.41) is 3.03. The van der Waals surface area contributed by atoms with E-state index < -0.39 is 0 Å². The zero-order valence-corrected chi connectivity index (χ0v) is 13.8. The SMILES string of the molecule is CCN(CC)Cc1ccc(CNC(=O)CC2C=CCC2)cc1. The molecule has 0 fully saturated rings. The molecule has 0 spiro atoms. The van der Waals surface area contributed by atoms with Gasteiger partial charge in [0.05, 0.1) is 0 Å². The fourth-order valence-corrected chi connectivity index (χ4v) is 2.84. The summed E-state index contributed by atoms with van der Waals surface area (Å²) in [5.74, 6) is 0.597. The molecule has 22 heavy (non-hydrogen) atoms. The minimum absolute atomic E-state index is 0.156. The maximum absolute atomic E-state index is 11.9. The van der Waals surface area contributed by atoms with E-state index in [-0.39, 0.29) is 5.91 Å². The highest BCUT2D eigenvalue weighted by Gasteiger charge is 2.13. The van der Waals surface area contributed by atoms with E-state index in [2.05, 4.69) is 60.5 Å². The molecule has 1 amide bonds. The maximum atomic E-state index is 11.9. The number of hydrogen-bond donors (Lipinski definition) is 1. The van der Waals surface area contributed by atoms with Crippen molar-refractivity contribution in [2.45, 2.75) is 46.2 Å². The molecule has 0 bridgehead atoms. The molecule has 120 valence electrons. The first-order valence-corrected chi connectivity index (χ1v) is 8.44. The van der Waals surface area contributed by atoms with Crippen LogP contribution in [0, 0.1) is 5.92 Å². The first kappa shape index (κ1) is 16.8. The Labute approximate surface area is 134 Å². The van der Waals surface area contributed by atoms with Crippen LogP contribution < -0.4 is 5.32 Å². The van der Waals surface area contributed by atoms with Crippen molar-refractivity contribution in [2.24, 2.45) is 5.92 Å². The van der Waals surface area contributed by atoms with Crippen LogP contribution in [0.5, 0.6) is 0 Å². The average molecular weight is 300 g/mol. The molecule has 0 aliphatic heterocycles. The number of nitrogens with one attached hydrogen (secondary N) is 1. The molecular weight excluding hydrogens is 272 g/mol. The van der Waals surface area contributed by atoms with Crippen LogP contribution in [-0.4, -0.2) is 23.9 Å². The van der Waals surface area contributed by atoms with Crippen molar-refractivity contribution in [1.82, 2.24) is 10.2 Å². The van der Waals surface area contributed by atoms with Gasteiger partial charge in [0.1, 0.15) is 0 Å². The predicted molar refractivity (Wildman–Crippen MR) is 91.4 cm³/mol. The maximum Gasteiger partial charge on any atom is 0.220 e. The Bertz CT molecular complexity index is 489. The number of benzene rings is 1. The molecule has 1 atom stereocenters. The van der Waals surface area contributed by atoms with Gasteiger partial charge in [-0.25, -0.2) is 0 Å². The fraction of sp³-hybridized carbons (Fsp3) is 0.526. The molecule has 0 heterocycles. The van der Waals surface area contributed by atoms with Gasteiger partial charge in [0.2, 0.25) is 5.91 Å². The minimum Gasteiger partial charge on any atom is -0.352 e. The molecule has 0 radical (unpaired) electrons. The van der Waals surface area contributed by atoms with Crippen LogP contribution in [0.2, 0.25) is 0 Å². The topological polar surface area (TPSA) is 32.3 Å². The molecule has 3 nitrogen and oxygen atoms in total. The van der Waals surface area contributed by atoms with Crippen molar-refractivity contribution in [2.75, 3.05) is 13.1 Å². The predicted octanol–water partition coefficient (Wildman–Crippen LogP) is 3.50. The van der Waals surface area contributed by atoms with Gasteiger partial charge in [0, 0.05) is 19.5 Å². The summed E-state index contributed by atoms with van der Waals surface area (Å²) in [6.07, 6.45) is 7.20. The lowest BCUT2D eigenvalue weighted by atomic mass is 10.0. The Hall–Kier alpha value is -1.61. The lowest BCUT2D eigenvalue weighted by Gasteiger charge is -2.18. The molecule has 0 saturated carbocycles. The van der Waals surface area contributed by atoms with Crippen LogP contribution in [0.1, 0.15) is 44.2 Å². The summed E-state index contributed by atoms with van der Waals surface area (Å²) in [4.78, 5) is 14.3. The molecule has 1 unspecified atom stereocenters. The Kier molecular flexibility index (Phi) is 6.66. The highest BCUT2D eigenvalue weighted by molar-refractivity contribution is 5.76. The van der Waals surface area contributed by atoms with Crippen molar-refractivity contribution in [3.8, 4) is 0 Å². The Morgan fingerprint density at radius 2 is 1.86 bits per heavy atom. The Balaban J connectivity index is 1.76. The highest BCUT2D eigenvalue weighted by atomic mass is 16.1. The first-order valence-electron chi connectivity index (χ1n) is 8.44. The number of rotatable bonds is 8. The van der Waals surface area contributed by atoms with Crippen molar-refractivity contribution >= 4 is 5.91 Å². The van der Waals surface area contributed by atoms with E-state index in [0.29, 0.717) is 18.9 Å². The van der Waals surface area contributed by atoms with E-state index in [1.54, 1.807) is 0 Å². The Morgan fingerprint density at radius 3 is 2.45 bits per heavy atom. The number of amides is 1. The van der Waals surface area contributed by atoms with Crippen LogP contribution in [0.4, 0.5) is 0 Å². The molecule has 1 aromatic rings. The second kappa shape index (κ2) is 8.74. The normalized spacial score (nSPS) is 17.1. The quantitative estimate of drug-likeness (QED) is 0.745. The van der Waals surface area contributed by atoms with E-state index in [1.165, 1.54) is 11.1 Å². The highest BCUT2D eigenvalue weighted by Crippen LogP contribution is 2.20. The molecule has 1 aliphatic rings. The molecule has 1 N–H and O–H groups in total. The zero-order chi connectivity index (χ0) is 15.8. The van der Waals surface area contributed by atoms with Gasteiger partial charge in [-0.3, -0.25) is 9.69 Å². The van der Waals surface area contributed by atoms with Crippen LogP contribution in [-0.2, 0) is 17.9 Å². The summed E-state index contributed by atoms with van der Waals surface area (Å²) in [7, 11) is 0. The molecule has 0 saturated heterocycles. The molecular formula is C19H28N2O. The third-order valence-corrected chi connectivity index (χ3v) is 4.37. The Morgan fingerprint density at radius 1 is 1.18 bits per heavy atom. The van der Waals surface area contributed by atoms with Crippen LogP contribution in [0.3, 0.4) is 0 Å². The van der Waals surface area contributed by atoms with Crippen molar-refractivity contribution in [3.05, 3.63) is 47.5 Å². The van der Waals surface area contributed by atoms with Crippen LogP contribution >= 0.6 is 0 Å². The second-order valence-electron chi connectivity index (χ2n) is 6.02. The number of carbonyl (C=O) groups is 1. The van der Waals surface area contributed by atoms with E-state index in [9.17, 15) is 4.79 Å². The number of hydrogen-bond acceptors (Lipinski definition) is 2. The van der Waals surface area contributed by atoms with E-state index >= 15 is 0 Å². The van der Waals surface area contributed by atoms with Crippen molar-refractivity contribution in [3.63, 3.8) is 0 Å². The standard InChI is InChI=1S/C19H28N2O/c1-3-21(4-2)15-18-11-9-17(10-12-18)14-20-19(22)13-16-7-5-6-8-16/h5,7,9-12,16H,3-4,6,8,13-15H2,1-2H3,(H,20,22). The molecule has 0 aromatic heterocycles. The third kappa shape index (κ3) is 5.30. The van der Waals surface area contributed by atoms with Crippen molar-refractivity contribution < 1.29 is 4.79 Å². The smallest absolute Gasteiger partial charge is 0.220 e. The van der Waals surface area contributed by atoms with Crippen molar-refractivity contribution in [1.29, 1.82) is 0 Å². The van der Waals surface area contributed by atoms with Crippen LogP contribution in [0.15, 0.2) is 36.4 Å². The van der Waals surface area contributed by atoms with E-state index in [0.717, 1.165) is 32.5 Å². The summed E-state index contributed by atoms with van der Waals surface area (Å²) in [6, 6.07) is 8.57. The average Bonchev–Trinajstić information content (AvgIpc) is 3.04. The summed E-state index contributed by atoms with van der Waals surface area (Å²) in [6.45, 7) is 8.14. The lowest BCUT2D eigenvalue weighted by Crippen LogP contribution is -2.24. The van der Waals surface area contributed by atoms with Gasteiger partial charge in [0.15, 0.2) is 0 Å². The largest absolute Gasteiger partial charge is 0.352 e. The lowest BCUT2D eigenvalue weighted by molar-refractivity contribution is -0.121. The monoisotopic (exact) mass is 300 g/mol. The van der Waals surface area contributed by atoms with Gasteiger partial charge in [-0.05, 0) is 43.0 Å². The minimum atomic E-state index is 0.156.